The molecule has 0 fully saturated rings. The predicted octanol–water partition coefficient (Wildman–Crippen LogP) is 6.10. The molecule has 0 aliphatic carbocycles. The molecule has 0 N–H and O–H groups in total. The number of aromatic nitrogens is 1. The van der Waals surface area contributed by atoms with E-state index in [4.69, 9.17) is 4.74 Å². The fourth-order valence-corrected chi connectivity index (χ4v) is 4.17. The lowest BCUT2D eigenvalue weighted by atomic mass is 9.95. The lowest BCUT2D eigenvalue weighted by Gasteiger charge is -2.15. The molecular formula is C23H27BrNO+. The average molecular weight is 413 g/mol. The van der Waals surface area contributed by atoms with Gasteiger partial charge in [-0.2, -0.15) is 4.57 Å². The van der Waals surface area contributed by atoms with Crippen LogP contribution in [0.2, 0.25) is 0 Å². The molecule has 136 valence electrons. The second-order valence-corrected chi connectivity index (χ2v) is 7.65. The van der Waals surface area contributed by atoms with Crippen LogP contribution in [-0.4, -0.2) is 7.11 Å². The molecule has 2 aromatic carbocycles. The zero-order valence-electron chi connectivity index (χ0n) is 16.1. The van der Waals surface area contributed by atoms with Gasteiger partial charge in [-0.1, -0.05) is 36.2 Å². The van der Waals surface area contributed by atoms with E-state index >= 15 is 0 Å². The van der Waals surface area contributed by atoms with Crippen LogP contribution >= 0.6 is 15.9 Å². The molecule has 0 aliphatic rings. The zero-order chi connectivity index (χ0) is 18.7. The number of halogens is 1. The number of pyridine rings is 1. The van der Waals surface area contributed by atoms with Crippen LogP contribution in [-0.2, 0) is 12.8 Å². The Hall–Kier alpha value is -1.87. The number of hydrogen-bond acceptors (Lipinski definition) is 1. The first-order valence-corrected chi connectivity index (χ1v) is 10.2. The van der Waals surface area contributed by atoms with E-state index in [0.29, 0.717) is 0 Å². The van der Waals surface area contributed by atoms with Gasteiger partial charge in [0.15, 0.2) is 11.4 Å². The van der Waals surface area contributed by atoms with Crippen LogP contribution in [0, 0.1) is 6.92 Å². The van der Waals surface area contributed by atoms with Crippen LogP contribution in [0.3, 0.4) is 0 Å². The molecule has 3 heteroatoms. The van der Waals surface area contributed by atoms with Crippen molar-refractivity contribution in [1.82, 2.24) is 0 Å². The fourth-order valence-electron chi connectivity index (χ4n) is 3.80. The summed E-state index contributed by atoms with van der Waals surface area (Å²) in [7, 11) is 1.71. The Kier molecular flexibility index (Phi) is 5.98. The van der Waals surface area contributed by atoms with E-state index in [1.165, 1.54) is 33.4 Å². The average Bonchev–Trinajstić information content (AvgIpc) is 2.65. The second kappa shape index (κ2) is 8.22. The van der Waals surface area contributed by atoms with Crippen LogP contribution in [0.4, 0.5) is 0 Å². The molecule has 3 rings (SSSR count). The molecule has 0 atom stereocenters. The van der Waals surface area contributed by atoms with Gasteiger partial charge in [0.05, 0.1) is 7.11 Å². The summed E-state index contributed by atoms with van der Waals surface area (Å²) in [5, 5.41) is 2.71. The maximum Gasteiger partial charge on any atom is 0.211 e. The molecule has 0 saturated carbocycles. The summed E-state index contributed by atoms with van der Waals surface area (Å²) in [5.41, 5.74) is 5.41. The van der Waals surface area contributed by atoms with E-state index in [0.717, 1.165) is 35.9 Å². The van der Waals surface area contributed by atoms with E-state index < -0.39 is 0 Å². The topological polar surface area (TPSA) is 13.1 Å². The van der Waals surface area contributed by atoms with Gasteiger partial charge in [-0.15, -0.1) is 0 Å². The maximum absolute atomic E-state index is 5.34. The number of rotatable bonds is 6. The Morgan fingerprint density at radius 2 is 1.62 bits per heavy atom. The normalized spacial score (nSPS) is 11.1. The Morgan fingerprint density at radius 3 is 2.23 bits per heavy atom. The minimum Gasteiger partial charge on any atom is -0.497 e. The number of ether oxygens (including phenoxy) is 1. The van der Waals surface area contributed by atoms with Crippen molar-refractivity contribution in [3.63, 3.8) is 0 Å². The van der Waals surface area contributed by atoms with Crippen molar-refractivity contribution in [1.29, 1.82) is 0 Å². The van der Waals surface area contributed by atoms with Gasteiger partial charge < -0.3 is 4.74 Å². The molecule has 0 amide bonds. The molecular weight excluding hydrogens is 386 g/mol. The number of aryl methyl sites for hydroxylation is 2. The second-order valence-electron chi connectivity index (χ2n) is 6.73. The zero-order valence-corrected chi connectivity index (χ0v) is 17.7. The van der Waals surface area contributed by atoms with Gasteiger partial charge in [0, 0.05) is 40.9 Å². The fraction of sp³-hybridized carbons (Fsp3) is 0.348. The molecule has 2 nitrogen and oxygen atoms in total. The monoisotopic (exact) mass is 412 g/mol. The van der Waals surface area contributed by atoms with E-state index in [1.807, 2.05) is 12.1 Å². The van der Waals surface area contributed by atoms with Crippen molar-refractivity contribution in [2.24, 2.45) is 0 Å². The van der Waals surface area contributed by atoms with Crippen LogP contribution in [0.1, 0.15) is 43.6 Å². The van der Waals surface area contributed by atoms with Gasteiger partial charge >= 0.3 is 0 Å². The Labute approximate surface area is 165 Å². The molecule has 1 heterocycles. The van der Waals surface area contributed by atoms with Crippen LogP contribution in [0.25, 0.3) is 16.5 Å². The minimum absolute atomic E-state index is 0.891. The van der Waals surface area contributed by atoms with Crippen molar-refractivity contribution in [2.75, 3.05) is 7.11 Å². The first kappa shape index (κ1) is 18.9. The van der Waals surface area contributed by atoms with Crippen molar-refractivity contribution in [3.8, 4) is 11.4 Å². The number of fused-ring (bicyclic) bond motifs is 1. The summed E-state index contributed by atoms with van der Waals surface area (Å²) in [6.07, 6.45) is 4.44. The third kappa shape index (κ3) is 3.50. The Bertz CT molecular complexity index is 916. The first-order valence-electron chi connectivity index (χ1n) is 9.40. The van der Waals surface area contributed by atoms with Crippen LogP contribution in [0.5, 0.6) is 5.75 Å². The molecule has 3 aromatic rings. The summed E-state index contributed by atoms with van der Waals surface area (Å²) in [6.45, 7) is 6.75. The first-order chi connectivity index (χ1) is 12.6. The summed E-state index contributed by atoms with van der Waals surface area (Å²) < 4.78 is 8.94. The number of nitrogens with zero attached hydrogens (tertiary/aromatic N) is 1. The molecule has 0 radical (unpaired) electrons. The number of benzene rings is 2. The van der Waals surface area contributed by atoms with Crippen LogP contribution in [0.15, 0.2) is 46.9 Å². The van der Waals surface area contributed by atoms with E-state index in [2.05, 4.69) is 71.6 Å². The molecule has 0 saturated heterocycles. The summed E-state index contributed by atoms with van der Waals surface area (Å²) in [5.74, 6) is 0.891. The maximum atomic E-state index is 5.34. The summed E-state index contributed by atoms with van der Waals surface area (Å²) in [4.78, 5) is 0. The Balaban J connectivity index is 2.37. The summed E-state index contributed by atoms with van der Waals surface area (Å²) >= 11 is 3.66. The smallest absolute Gasteiger partial charge is 0.211 e. The summed E-state index contributed by atoms with van der Waals surface area (Å²) in [6, 6.07) is 15.1. The van der Waals surface area contributed by atoms with Gasteiger partial charge in [-0.3, -0.25) is 0 Å². The standard InChI is InChI=1S/C23H27BrNO/c1-5-7-21-22-15-17(24)9-14-20(22)16(3)25(23(21)8-6-2)18-10-12-19(26-4)13-11-18/h9-15H,5-8H2,1-4H3/q+1. The van der Waals surface area contributed by atoms with Crippen molar-refractivity contribution in [3.05, 3.63) is 63.9 Å². The highest BCUT2D eigenvalue weighted by molar-refractivity contribution is 9.10. The number of methoxy groups -OCH3 is 1. The van der Waals surface area contributed by atoms with Gasteiger partial charge in [0.25, 0.3) is 0 Å². The van der Waals surface area contributed by atoms with Crippen LogP contribution < -0.4 is 9.30 Å². The lowest BCUT2D eigenvalue weighted by Crippen LogP contribution is -2.40. The number of hydrogen-bond donors (Lipinski definition) is 0. The minimum atomic E-state index is 0.891. The van der Waals surface area contributed by atoms with Gasteiger partial charge in [-0.25, -0.2) is 0 Å². The highest BCUT2D eigenvalue weighted by Crippen LogP contribution is 2.29. The largest absolute Gasteiger partial charge is 0.497 e. The lowest BCUT2D eigenvalue weighted by molar-refractivity contribution is -0.610. The highest BCUT2D eigenvalue weighted by atomic mass is 79.9. The molecule has 0 aliphatic heterocycles. The molecule has 1 aromatic heterocycles. The third-order valence-corrected chi connectivity index (χ3v) is 5.46. The van der Waals surface area contributed by atoms with Crippen molar-refractivity contribution >= 4 is 26.7 Å². The molecule has 0 spiro atoms. The predicted molar refractivity (Wildman–Crippen MR) is 112 cm³/mol. The SMILES string of the molecule is CCCc1c(CCC)[n+](-c2ccc(OC)cc2)c(C)c2ccc(Br)cc12. The molecule has 26 heavy (non-hydrogen) atoms. The quantitative estimate of drug-likeness (QED) is 0.445. The van der Waals surface area contributed by atoms with E-state index in [9.17, 15) is 0 Å². The van der Waals surface area contributed by atoms with Gasteiger partial charge in [0.1, 0.15) is 5.75 Å². The highest BCUT2D eigenvalue weighted by Gasteiger charge is 2.25. The molecule has 0 bridgehead atoms. The third-order valence-electron chi connectivity index (χ3n) is 4.97. The van der Waals surface area contributed by atoms with Gasteiger partial charge in [0.2, 0.25) is 5.69 Å². The van der Waals surface area contributed by atoms with Gasteiger partial charge in [-0.05, 0) is 48.6 Å². The van der Waals surface area contributed by atoms with E-state index in [-0.39, 0.29) is 0 Å². The van der Waals surface area contributed by atoms with E-state index in [1.54, 1.807) is 7.11 Å². The molecule has 0 unspecified atom stereocenters. The Morgan fingerprint density at radius 1 is 0.923 bits per heavy atom. The van der Waals surface area contributed by atoms with Crippen molar-refractivity contribution in [2.45, 2.75) is 46.5 Å². The van der Waals surface area contributed by atoms with Crippen molar-refractivity contribution < 1.29 is 9.30 Å².